The highest BCUT2D eigenvalue weighted by Crippen LogP contribution is 2.32. The first-order chi connectivity index (χ1) is 13.5. The van der Waals surface area contributed by atoms with E-state index in [1.165, 1.54) is 23.3 Å². The molecule has 0 radical (unpaired) electrons. The number of aromatic nitrogens is 2. The molecule has 0 bridgehead atoms. The summed E-state index contributed by atoms with van der Waals surface area (Å²) in [6.07, 6.45) is 3.86. The van der Waals surface area contributed by atoms with Gasteiger partial charge in [-0.1, -0.05) is 0 Å². The molecular formula is C20H18FN3O4. The van der Waals surface area contributed by atoms with Crippen molar-refractivity contribution in [2.45, 2.75) is 32.4 Å². The summed E-state index contributed by atoms with van der Waals surface area (Å²) < 4.78 is 19.7. The second kappa shape index (κ2) is 6.95. The monoisotopic (exact) mass is 383 g/mol. The Morgan fingerprint density at radius 2 is 2.14 bits per heavy atom. The van der Waals surface area contributed by atoms with Crippen LogP contribution in [-0.4, -0.2) is 21.5 Å². The molecule has 0 fully saturated rings. The van der Waals surface area contributed by atoms with Crippen LogP contribution in [0.2, 0.25) is 0 Å². The Morgan fingerprint density at radius 1 is 1.32 bits per heavy atom. The largest absolute Gasteiger partial charge is 0.467 e. The minimum Gasteiger partial charge on any atom is -0.467 e. The van der Waals surface area contributed by atoms with Gasteiger partial charge in [-0.05, 0) is 55.7 Å². The summed E-state index contributed by atoms with van der Waals surface area (Å²) >= 11 is 0. The molecule has 1 atom stereocenters. The van der Waals surface area contributed by atoms with Gasteiger partial charge in [0.2, 0.25) is 0 Å². The molecule has 28 heavy (non-hydrogen) atoms. The molecule has 1 aliphatic rings. The fourth-order valence-corrected chi connectivity index (χ4v) is 3.53. The summed E-state index contributed by atoms with van der Waals surface area (Å²) in [6, 6.07) is 7.36. The predicted molar refractivity (Wildman–Crippen MR) is 100 cm³/mol. The SMILES string of the molecule is CC1CCc2cc(F)ccc2N1C(=O)c1c[nH]c(=O)n(Cc2ccco2)c1=O. The maximum Gasteiger partial charge on any atom is 0.328 e. The maximum atomic E-state index is 13.6. The number of fused-ring (bicyclic) bond motifs is 1. The van der Waals surface area contributed by atoms with E-state index in [0.29, 0.717) is 29.9 Å². The van der Waals surface area contributed by atoms with Crippen molar-refractivity contribution in [3.05, 3.63) is 86.3 Å². The first kappa shape index (κ1) is 18.0. The number of H-pyrrole nitrogens is 1. The number of hydrogen-bond donors (Lipinski definition) is 1. The topological polar surface area (TPSA) is 88.3 Å². The average Bonchev–Trinajstić information content (AvgIpc) is 3.18. The zero-order valence-electron chi connectivity index (χ0n) is 15.1. The first-order valence-corrected chi connectivity index (χ1v) is 8.92. The van der Waals surface area contributed by atoms with Crippen molar-refractivity contribution in [3.8, 4) is 0 Å². The van der Waals surface area contributed by atoms with Crippen molar-refractivity contribution in [2.75, 3.05) is 4.90 Å². The molecule has 3 heterocycles. The molecule has 7 nitrogen and oxygen atoms in total. The normalized spacial score (nSPS) is 16.1. The fourth-order valence-electron chi connectivity index (χ4n) is 3.53. The Labute approximate surface area is 159 Å². The van der Waals surface area contributed by atoms with Gasteiger partial charge in [-0.2, -0.15) is 0 Å². The lowest BCUT2D eigenvalue weighted by atomic mass is 9.96. The van der Waals surface area contributed by atoms with E-state index in [0.717, 1.165) is 10.8 Å². The van der Waals surface area contributed by atoms with Gasteiger partial charge in [0.05, 0.1) is 12.8 Å². The summed E-state index contributed by atoms with van der Waals surface area (Å²) in [6.45, 7) is 1.79. The Kier molecular flexibility index (Phi) is 4.46. The van der Waals surface area contributed by atoms with Crippen molar-refractivity contribution in [2.24, 2.45) is 0 Å². The quantitative estimate of drug-likeness (QED) is 0.752. The van der Waals surface area contributed by atoms with Crippen LogP contribution in [0.15, 0.2) is 56.8 Å². The summed E-state index contributed by atoms with van der Waals surface area (Å²) in [5.74, 6) is -0.482. The van der Waals surface area contributed by atoms with Crippen molar-refractivity contribution < 1.29 is 13.6 Å². The van der Waals surface area contributed by atoms with Gasteiger partial charge < -0.3 is 14.3 Å². The van der Waals surface area contributed by atoms with E-state index in [4.69, 9.17) is 4.42 Å². The van der Waals surface area contributed by atoms with Gasteiger partial charge in [-0.15, -0.1) is 0 Å². The van der Waals surface area contributed by atoms with Gasteiger partial charge in [0.1, 0.15) is 17.1 Å². The van der Waals surface area contributed by atoms with Crippen molar-refractivity contribution in [1.82, 2.24) is 9.55 Å². The number of benzene rings is 1. The van der Waals surface area contributed by atoms with Crippen LogP contribution in [0.4, 0.5) is 10.1 Å². The number of halogens is 1. The van der Waals surface area contributed by atoms with Crippen LogP contribution < -0.4 is 16.1 Å². The van der Waals surface area contributed by atoms with Gasteiger partial charge in [0.15, 0.2) is 0 Å². The van der Waals surface area contributed by atoms with Crippen LogP contribution in [0, 0.1) is 5.82 Å². The number of carbonyl (C=O) groups excluding carboxylic acids is 1. The molecule has 0 saturated carbocycles. The van der Waals surface area contributed by atoms with Crippen LogP contribution in [0.25, 0.3) is 0 Å². The van der Waals surface area contributed by atoms with E-state index in [2.05, 4.69) is 4.98 Å². The number of nitrogens with one attached hydrogen (secondary N) is 1. The number of anilines is 1. The molecule has 1 aromatic carbocycles. The van der Waals surface area contributed by atoms with E-state index in [1.54, 1.807) is 18.2 Å². The number of aromatic amines is 1. The Morgan fingerprint density at radius 3 is 2.89 bits per heavy atom. The van der Waals surface area contributed by atoms with E-state index in [9.17, 15) is 18.8 Å². The van der Waals surface area contributed by atoms with Crippen LogP contribution in [0.5, 0.6) is 0 Å². The van der Waals surface area contributed by atoms with Crippen molar-refractivity contribution in [1.29, 1.82) is 0 Å². The number of nitrogens with zero attached hydrogens (tertiary/aromatic N) is 2. The van der Waals surface area contributed by atoms with E-state index in [-0.39, 0.29) is 24.0 Å². The minimum atomic E-state index is -0.702. The zero-order valence-corrected chi connectivity index (χ0v) is 15.1. The molecule has 8 heteroatoms. The first-order valence-electron chi connectivity index (χ1n) is 8.92. The average molecular weight is 383 g/mol. The third kappa shape index (κ3) is 3.06. The van der Waals surface area contributed by atoms with Crippen LogP contribution >= 0.6 is 0 Å². The lowest BCUT2D eigenvalue weighted by molar-refractivity contribution is 0.0972. The van der Waals surface area contributed by atoms with Crippen LogP contribution in [0.1, 0.15) is 35.0 Å². The third-order valence-corrected chi connectivity index (χ3v) is 4.98. The maximum absolute atomic E-state index is 13.6. The highest BCUT2D eigenvalue weighted by atomic mass is 19.1. The molecule has 1 aliphatic heterocycles. The number of furan rings is 1. The van der Waals surface area contributed by atoms with E-state index in [1.807, 2.05) is 6.92 Å². The molecule has 0 aliphatic carbocycles. The number of amides is 1. The molecule has 0 saturated heterocycles. The lowest BCUT2D eigenvalue weighted by Crippen LogP contribution is -2.46. The molecule has 3 aromatic rings. The van der Waals surface area contributed by atoms with Crippen molar-refractivity contribution >= 4 is 11.6 Å². The van der Waals surface area contributed by atoms with Gasteiger partial charge in [0.25, 0.3) is 11.5 Å². The van der Waals surface area contributed by atoms with Gasteiger partial charge >= 0.3 is 5.69 Å². The molecular weight excluding hydrogens is 365 g/mol. The van der Waals surface area contributed by atoms with Crippen LogP contribution in [0.3, 0.4) is 0 Å². The van der Waals surface area contributed by atoms with Gasteiger partial charge in [-0.25, -0.2) is 9.18 Å². The molecule has 4 rings (SSSR count). The van der Waals surface area contributed by atoms with Crippen molar-refractivity contribution in [3.63, 3.8) is 0 Å². The van der Waals surface area contributed by atoms with Gasteiger partial charge in [-0.3, -0.25) is 14.2 Å². The Balaban J connectivity index is 1.77. The smallest absolute Gasteiger partial charge is 0.328 e. The fraction of sp³-hybridized carbons (Fsp3) is 0.250. The molecule has 1 N–H and O–H groups in total. The highest BCUT2D eigenvalue weighted by Gasteiger charge is 2.31. The number of rotatable bonds is 3. The number of hydrogen-bond acceptors (Lipinski definition) is 4. The summed E-state index contributed by atoms with van der Waals surface area (Å²) in [5, 5.41) is 0. The Hall–Kier alpha value is -3.42. The Bertz CT molecular complexity index is 1150. The second-order valence-electron chi connectivity index (χ2n) is 6.81. The number of aryl methyl sites for hydroxylation is 1. The molecule has 1 amide bonds. The third-order valence-electron chi connectivity index (χ3n) is 4.98. The summed E-state index contributed by atoms with van der Waals surface area (Å²) in [5.41, 5.74) is -0.200. The van der Waals surface area contributed by atoms with E-state index < -0.39 is 17.2 Å². The summed E-state index contributed by atoms with van der Waals surface area (Å²) in [7, 11) is 0. The molecule has 0 spiro atoms. The minimum absolute atomic E-state index is 0.0837. The molecule has 2 aromatic heterocycles. The molecule has 1 unspecified atom stereocenters. The standard InChI is InChI=1S/C20H18FN3O4/c1-12-4-5-13-9-14(21)6-7-17(13)24(12)19(26)16-10-22-20(27)23(18(16)25)11-15-3-2-8-28-15/h2-3,6-10,12H,4-5,11H2,1H3,(H,22,27). The van der Waals surface area contributed by atoms with Crippen LogP contribution in [-0.2, 0) is 13.0 Å². The second-order valence-corrected chi connectivity index (χ2v) is 6.81. The summed E-state index contributed by atoms with van der Waals surface area (Å²) in [4.78, 5) is 42.1. The predicted octanol–water partition coefficient (Wildman–Crippen LogP) is 2.30. The number of carbonyl (C=O) groups is 1. The zero-order chi connectivity index (χ0) is 19.8. The molecule has 144 valence electrons. The lowest BCUT2D eigenvalue weighted by Gasteiger charge is -2.35. The van der Waals surface area contributed by atoms with E-state index >= 15 is 0 Å². The highest BCUT2D eigenvalue weighted by molar-refractivity contribution is 6.06. The van der Waals surface area contributed by atoms with Gasteiger partial charge in [0, 0.05) is 17.9 Å².